The molecule has 18 heavy (non-hydrogen) atoms. The van der Waals surface area contributed by atoms with Gasteiger partial charge in [0.2, 0.25) is 0 Å². The van der Waals surface area contributed by atoms with E-state index in [1.165, 1.54) is 0 Å². The Kier molecular flexibility index (Phi) is 3.99. The van der Waals surface area contributed by atoms with Crippen LogP contribution in [0.3, 0.4) is 0 Å². The molecule has 0 unspecified atom stereocenters. The van der Waals surface area contributed by atoms with Crippen LogP contribution in [0.1, 0.15) is 37.7 Å². The number of hydrogen-bond donors (Lipinski definition) is 2. The smallest absolute Gasteiger partial charge is 0.110 e. The van der Waals surface area contributed by atoms with Gasteiger partial charge in [-0.3, -0.25) is 0 Å². The average molecular weight is 247 g/mol. The van der Waals surface area contributed by atoms with Crippen LogP contribution in [0.4, 0.5) is 0 Å². The lowest BCUT2D eigenvalue weighted by Crippen LogP contribution is -2.07. The van der Waals surface area contributed by atoms with Crippen molar-refractivity contribution in [2.24, 2.45) is 5.73 Å². The summed E-state index contributed by atoms with van der Waals surface area (Å²) in [7, 11) is 0. The Morgan fingerprint density at radius 2 is 2.17 bits per heavy atom. The van der Waals surface area contributed by atoms with Crippen molar-refractivity contribution < 1.29 is 5.11 Å². The van der Waals surface area contributed by atoms with Crippen LogP contribution < -0.4 is 5.73 Å². The first-order valence-corrected chi connectivity index (χ1v) is 6.48. The molecule has 0 saturated carbocycles. The predicted octanol–water partition coefficient (Wildman–Crippen LogP) is 2.00. The number of rotatable bonds is 5. The van der Waals surface area contributed by atoms with Crippen LogP contribution in [0.5, 0.6) is 0 Å². The summed E-state index contributed by atoms with van der Waals surface area (Å²) in [6.45, 7) is 5.05. The second kappa shape index (κ2) is 5.50. The van der Waals surface area contributed by atoms with Crippen molar-refractivity contribution in [3.8, 4) is 0 Å². The zero-order valence-electron chi connectivity index (χ0n) is 11.1. The van der Waals surface area contributed by atoms with E-state index in [1.54, 1.807) is 0 Å². The minimum Gasteiger partial charge on any atom is -0.396 e. The molecule has 0 atom stereocenters. The molecule has 98 valence electrons. The zero-order valence-corrected chi connectivity index (χ0v) is 11.1. The molecule has 1 aromatic heterocycles. The molecule has 0 aliphatic rings. The van der Waals surface area contributed by atoms with Crippen LogP contribution >= 0.6 is 0 Å². The van der Waals surface area contributed by atoms with E-state index in [2.05, 4.69) is 41.6 Å². The summed E-state index contributed by atoms with van der Waals surface area (Å²) in [5, 5.41) is 8.96. The van der Waals surface area contributed by atoms with Crippen LogP contribution in [0, 0.1) is 0 Å². The monoisotopic (exact) mass is 247 g/mol. The van der Waals surface area contributed by atoms with Crippen LogP contribution in [0.15, 0.2) is 18.2 Å². The lowest BCUT2D eigenvalue weighted by Gasteiger charge is -2.12. The van der Waals surface area contributed by atoms with Gasteiger partial charge in [-0.1, -0.05) is 6.07 Å². The third-order valence-electron chi connectivity index (χ3n) is 3.14. The van der Waals surface area contributed by atoms with Gasteiger partial charge in [-0.25, -0.2) is 4.98 Å². The van der Waals surface area contributed by atoms with E-state index in [0.717, 1.165) is 35.3 Å². The molecule has 0 bridgehead atoms. The van der Waals surface area contributed by atoms with Gasteiger partial charge in [-0.15, -0.1) is 0 Å². The van der Waals surface area contributed by atoms with Crippen molar-refractivity contribution in [2.45, 2.75) is 39.3 Å². The minimum atomic E-state index is 0.204. The maximum Gasteiger partial charge on any atom is 0.110 e. The summed E-state index contributed by atoms with van der Waals surface area (Å²) in [5.74, 6) is 1.04. The van der Waals surface area contributed by atoms with Crippen molar-refractivity contribution in [3.05, 3.63) is 29.6 Å². The van der Waals surface area contributed by atoms with Gasteiger partial charge >= 0.3 is 0 Å². The lowest BCUT2D eigenvalue weighted by atomic mass is 10.2. The SMILES string of the molecule is CC(C)n1c(CCCO)nc2cc(CN)ccc21. The second-order valence-electron chi connectivity index (χ2n) is 4.85. The average Bonchev–Trinajstić information content (AvgIpc) is 2.73. The fourth-order valence-electron chi connectivity index (χ4n) is 2.31. The predicted molar refractivity (Wildman–Crippen MR) is 73.4 cm³/mol. The molecule has 2 aromatic rings. The highest BCUT2D eigenvalue weighted by Gasteiger charge is 2.12. The molecule has 0 aliphatic heterocycles. The van der Waals surface area contributed by atoms with Crippen LogP contribution in [-0.4, -0.2) is 21.3 Å². The van der Waals surface area contributed by atoms with Crippen molar-refractivity contribution >= 4 is 11.0 Å². The number of aromatic nitrogens is 2. The number of hydrogen-bond acceptors (Lipinski definition) is 3. The first kappa shape index (κ1) is 13.1. The molecular weight excluding hydrogens is 226 g/mol. The number of imidazole rings is 1. The van der Waals surface area contributed by atoms with E-state index in [-0.39, 0.29) is 6.61 Å². The lowest BCUT2D eigenvalue weighted by molar-refractivity contribution is 0.286. The Labute approximate surface area is 107 Å². The molecule has 0 amide bonds. The van der Waals surface area contributed by atoms with Gasteiger partial charge in [0.05, 0.1) is 11.0 Å². The van der Waals surface area contributed by atoms with E-state index in [1.807, 2.05) is 0 Å². The second-order valence-corrected chi connectivity index (χ2v) is 4.85. The highest BCUT2D eigenvalue weighted by Crippen LogP contribution is 2.23. The Balaban J connectivity index is 2.51. The van der Waals surface area contributed by atoms with Crippen molar-refractivity contribution in [2.75, 3.05) is 6.61 Å². The Bertz CT molecular complexity index is 531. The van der Waals surface area contributed by atoms with E-state index in [9.17, 15) is 0 Å². The van der Waals surface area contributed by atoms with Crippen LogP contribution in [0.25, 0.3) is 11.0 Å². The maximum atomic E-state index is 8.96. The molecular formula is C14H21N3O. The molecule has 1 aromatic carbocycles. The van der Waals surface area contributed by atoms with Crippen LogP contribution in [0.2, 0.25) is 0 Å². The molecule has 3 N–H and O–H groups in total. The van der Waals surface area contributed by atoms with Crippen molar-refractivity contribution in [3.63, 3.8) is 0 Å². The number of nitrogens with two attached hydrogens (primary N) is 1. The summed E-state index contributed by atoms with van der Waals surface area (Å²) in [6.07, 6.45) is 1.56. The molecule has 0 spiro atoms. The molecule has 0 fully saturated rings. The third-order valence-corrected chi connectivity index (χ3v) is 3.14. The van der Waals surface area contributed by atoms with Gasteiger partial charge in [0.1, 0.15) is 5.82 Å². The fraction of sp³-hybridized carbons (Fsp3) is 0.500. The molecule has 2 rings (SSSR count). The normalized spacial score (nSPS) is 11.6. The highest BCUT2D eigenvalue weighted by molar-refractivity contribution is 5.77. The number of aliphatic hydroxyl groups is 1. The standard InChI is InChI=1S/C14H21N3O/c1-10(2)17-13-6-5-11(9-15)8-12(13)16-14(17)4-3-7-18/h5-6,8,10,18H,3-4,7,9,15H2,1-2H3. The fourth-order valence-corrected chi connectivity index (χ4v) is 2.31. The number of aliphatic hydroxyl groups excluding tert-OH is 1. The quantitative estimate of drug-likeness (QED) is 0.849. The molecule has 4 nitrogen and oxygen atoms in total. The summed E-state index contributed by atoms with van der Waals surface area (Å²) in [6, 6.07) is 6.56. The summed E-state index contributed by atoms with van der Waals surface area (Å²) >= 11 is 0. The van der Waals surface area contributed by atoms with E-state index >= 15 is 0 Å². The largest absolute Gasteiger partial charge is 0.396 e. The Morgan fingerprint density at radius 1 is 1.39 bits per heavy atom. The van der Waals surface area contributed by atoms with E-state index in [0.29, 0.717) is 12.6 Å². The summed E-state index contributed by atoms with van der Waals surface area (Å²) in [4.78, 5) is 4.68. The number of fused-ring (bicyclic) bond motifs is 1. The third kappa shape index (κ3) is 2.40. The Hall–Kier alpha value is -1.39. The highest BCUT2D eigenvalue weighted by atomic mass is 16.2. The number of nitrogens with zero attached hydrogens (tertiary/aromatic N) is 2. The van der Waals surface area contributed by atoms with Gasteiger partial charge in [0.25, 0.3) is 0 Å². The molecule has 4 heteroatoms. The van der Waals surface area contributed by atoms with Crippen molar-refractivity contribution in [1.82, 2.24) is 9.55 Å². The number of aryl methyl sites for hydroxylation is 1. The van der Waals surface area contributed by atoms with Gasteiger partial charge in [0, 0.05) is 25.6 Å². The topological polar surface area (TPSA) is 64.1 Å². The Morgan fingerprint density at radius 3 is 2.78 bits per heavy atom. The first-order chi connectivity index (χ1) is 8.67. The summed E-state index contributed by atoms with van der Waals surface area (Å²) in [5.41, 5.74) is 8.91. The molecule has 0 radical (unpaired) electrons. The van der Waals surface area contributed by atoms with Gasteiger partial charge < -0.3 is 15.4 Å². The first-order valence-electron chi connectivity index (χ1n) is 6.48. The molecule has 0 saturated heterocycles. The minimum absolute atomic E-state index is 0.204. The molecule has 1 heterocycles. The number of benzene rings is 1. The van der Waals surface area contributed by atoms with Gasteiger partial charge in [-0.2, -0.15) is 0 Å². The van der Waals surface area contributed by atoms with Gasteiger partial charge in [-0.05, 0) is 38.0 Å². The van der Waals surface area contributed by atoms with Gasteiger partial charge in [0.15, 0.2) is 0 Å². The van der Waals surface area contributed by atoms with Crippen molar-refractivity contribution in [1.29, 1.82) is 0 Å². The van der Waals surface area contributed by atoms with Crippen LogP contribution in [-0.2, 0) is 13.0 Å². The van der Waals surface area contributed by atoms with E-state index < -0.39 is 0 Å². The van der Waals surface area contributed by atoms with E-state index in [4.69, 9.17) is 10.8 Å². The summed E-state index contributed by atoms with van der Waals surface area (Å²) < 4.78 is 2.24. The molecule has 0 aliphatic carbocycles. The maximum absolute atomic E-state index is 8.96. The zero-order chi connectivity index (χ0) is 13.1.